The van der Waals surface area contributed by atoms with Crippen molar-refractivity contribution in [1.82, 2.24) is 14.8 Å². The van der Waals surface area contributed by atoms with Crippen molar-refractivity contribution < 1.29 is 0 Å². The number of likely N-dealkylation sites (tertiary alicyclic amines) is 1. The first kappa shape index (κ1) is 12.0. The average molecular weight is 230 g/mol. The van der Waals surface area contributed by atoms with Crippen LogP contribution in [0.1, 0.15) is 17.7 Å². The average Bonchev–Trinajstić information content (AvgIpc) is 2.78. The lowest BCUT2D eigenvalue weighted by Crippen LogP contribution is -2.31. The minimum atomic E-state index is 0.505. The van der Waals surface area contributed by atoms with E-state index in [0.29, 0.717) is 11.7 Å². The van der Waals surface area contributed by atoms with E-state index in [4.69, 9.17) is 5.26 Å². The van der Waals surface area contributed by atoms with E-state index < -0.39 is 0 Å². The van der Waals surface area contributed by atoms with Gasteiger partial charge in [0, 0.05) is 31.9 Å². The summed E-state index contributed by atoms with van der Waals surface area (Å²) in [5.74, 6) is 0. The highest BCUT2D eigenvalue weighted by Crippen LogP contribution is 2.16. The third-order valence-corrected chi connectivity index (χ3v) is 3.32. The second-order valence-electron chi connectivity index (χ2n) is 4.80. The molecule has 1 aliphatic rings. The Labute approximate surface area is 102 Å². The standard InChI is InChI=1S/C13H18N4/c1-16(2)13-4-6-17(10-13)9-11-3-5-15-12(7-11)8-14/h3,5,7,13H,4,6,9-10H2,1-2H3. The first-order valence-electron chi connectivity index (χ1n) is 5.93. The molecule has 1 saturated heterocycles. The zero-order valence-corrected chi connectivity index (χ0v) is 10.4. The lowest BCUT2D eigenvalue weighted by molar-refractivity contribution is 0.264. The maximum atomic E-state index is 8.80. The Kier molecular flexibility index (Phi) is 3.72. The number of nitriles is 1. The highest BCUT2D eigenvalue weighted by atomic mass is 15.2. The maximum Gasteiger partial charge on any atom is 0.140 e. The highest BCUT2D eigenvalue weighted by Gasteiger charge is 2.23. The van der Waals surface area contributed by atoms with E-state index in [9.17, 15) is 0 Å². The van der Waals surface area contributed by atoms with Gasteiger partial charge in [0.15, 0.2) is 0 Å². The number of rotatable bonds is 3. The number of hydrogen-bond donors (Lipinski definition) is 0. The molecule has 0 amide bonds. The second kappa shape index (κ2) is 5.26. The van der Waals surface area contributed by atoms with Gasteiger partial charge in [0.05, 0.1) is 0 Å². The predicted molar refractivity (Wildman–Crippen MR) is 66.3 cm³/mol. The van der Waals surface area contributed by atoms with Gasteiger partial charge in [0.25, 0.3) is 0 Å². The zero-order valence-electron chi connectivity index (χ0n) is 10.4. The van der Waals surface area contributed by atoms with E-state index in [1.807, 2.05) is 12.1 Å². The summed E-state index contributed by atoms with van der Waals surface area (Å²) < 4.78 is 0. The molecule has 2 rings (SSSR count). The third-order valence-electron chi connectivity index (χ3n) is 3.32. The summed E-state index contributed by atoms with van der Waals surface area (Å²) in [6.07, 6.45) is 2.94. The van der Waals surface area contributed by atoms with Crippen LogP contribution in [0.5, 0.6) is 0 Å². The molecule has 0 spiro atoms. The molecule has 1 aromatic heterocycles. The van der Waals surface area contributed by atoms with E-state index in [1.165, 1.54) is 12.0 Å². The monoisotopic (exact) mass is 230 g/mol. The van der Waals surface area contributed by atoms with Gasteiger partial charge in [-0.15, -0.1) is 0 Å². The summed E-state index contributed by atoms with van der Waals surface area (Å²) in [4.78, 5) is 8.70. The van der Waals surface area contributed by atoms with Crippen molar-refractivity contribution >= 4 is 0 Å². The molecule has 1 fully saturated rings. The van der Waals surface area contributed by atoms with E-state index in [0.717, 1.165) is 19.6 Å². The van der Waals surface area contributed by atoms with Crippen LogP contribution in [0.4, 0.5) is 0 Å². The van der Waals surface area contributed by atoms with Crippen molar-refractivity contribution in [3.8, 4) is 6.07 Å². The second-order valence-corrected chi connectivity index (χ2v) is 4.80. The molecular weight excluding hydrogens is 212 g/mol. The van der Waals surface area contributed by atoms with Gasteiger partial charge in [-0.1, -0.05) is 0 Å². The van der Waals surface area contributed by atoms with Crippen molar-refractivity contribution in [2.24, 2.45) is 0 Å². The van der Waals surface area contributed by atoms with E-state index in [-0.39, 0.29) is 0 Å². The first-order chi connectivity index (χ1) is 8.19. The van der Waals surface area contributed by atoms with Crippen molar-refractivity contribution in [2.75, 3.05) is 27.2 Å². The van der Waals surface area contributed by atoms with Gasteiger partial charge < -0.3 is 4.90 Å². The van der Waals surface area contributed by atoms with Crippen LogP contribution in [-0.4, -0.2) is 48.0 Å². The lowest BCUT2D eigenvalue weighted by atomic mass is 10.2. The Balaban J connectivity index is 1.96. The molecule has 0 saturated carbocycles. The predicted octanol–water partition coefficient (Wildman–Crippen LogP) is 1.09. The summed E-state index contributed by atoms with van der Waals surface area (Å²) in [5, 5.41) is 8.80. The molecule has 1 aliphatic heterocycles. The molecule has 1 unspecified atom stereocenters. The summed E-state index contributed by atoms with van der Waals surface area (Å²) in [7, 11) is 4.27. The minimum Gasteiger partial charge on any atom is -0.305 e. The molecule has 0 radical (unpaired) electrons. The van der Waals surface area contributed by atoms with Gasteiger partial charge in [-0.2, -0.15) is 5.26 Å². The van der Waals surface area contributed by atoms with E-state index >= 15 is 0 Å². The molecule has 1 atom stereocenters. The summed E-state index contributed by atoms with van der Waals surface area (Å²) in [5.41, 5.74) is 1.68. The maximum absolute atomic E-state index is 8.80. The number of pyridine rings is 1. The minimum absolute atomic E-state index is 0.505. The van der Waals surface area contributed by atoms with Crippen LogP contribution >= 0.6 is 0 Å². The van der Waals surface area contributed by atoms with Crippen LogP contribution < -0.4 is 0 Å². The fourth-order valence-electron chi connectivity index (χ4n) is 2.27. The normalized spacial score (nSPS) is 20.7. The summed E-state index contributed by atoms with van der Waals surface area (Å²) >= 11 is 0. The van der Waals surface area contributed by atoms with Crippen molar-refractivity contribution in [3.63, 3.8) is 0 Å². The quantitative estimate of drug-likeness (QED) is 0.779. The number of hydrogen-bond acceptors (Lipinski definition) is 4. The Morgan fingerprint density at radius 3 is 3.06 bits per heavy atom. The summed E-state index contributed by atoms with van der Waals surface area (Å²) in [6, 6.07) is 6.61. The first-order valence-corrected chi connectivity index (χ1v) is 5.93. The molecule has 0 aromatic carbocycles. The Morgan fingerprint density at radius 2 is 2.41 bits per heavy atom. The lowest BCUT2D eigenvalue weighted by Gasteiger charge is -2.20. The van der Waals surface area contributed by atoms with Crippen LogP contribution in [0, 0.1) is 11.3 Å². The van der Waals surface area contributed by atoms with E-state index in [1.54, 1.807) is 6.20 Å². The third kappa shape index (κ3) is 3.02. The van der Waals surface area contributed by atoms with Gasteiger partial charge in [-0.25, -0.2) is 4.98 Å². The number of likely N-dealkylation sites (N-methyl/N-ethyl adjacent to an activating group) is 1. The molecule has 0 bridgehead atoms. The Morgan fingerprint density at radius 1 is 1.59 bits per heavy atom. The highest BCUT2D eigenvalue weighted by molar-refractivity contribution is 5.25. The molecule has 4 heteroatoms. The molecule has 90 valence electrons. The van der Waals surface area contributed by atoms with Crippen LogP contribution in [0.3, 0.4) is 0 Å². The van der Waals surface area contributed by atoms with E-state index in [2.05, 4.69) is 34.9 Å². The van der Waals surface area contributed by atoms with Crippen molar-refractivity contribution in [3.05, 3.63) is 29.6 Å². The molecule has 4 nitrogen and oxygen atoms in total. The fourth-order valence-corrected chi connectivity index (χ4v) is 2.27. The molecule has 2 heterocycles. The molecular formula is C13H18N4. The van der Waals surface area contributed by atoms with Gasteiger partial charge in [-0.05, 0) is 38.2 Å². The number of aromatic nitrogens is 1. The van der Waals surface area contributed by atoms with Crippen LogP contribution in [-0.2, 0) is 6.54 Å². The summed E-state index contributed by atoms with van der Waals surface area (Å²) in [6.45, 7) is 3.16. The smallest absolute Gasteiger partial charge is 0.140 e. The SMILES string of the molecule is CN(C)C1CCN(Cc2ccnc(C#N)c2)C1. The largest absolute Gasteiger partial charge is 0.305 e. The molecule has 1 aromatic rings. The van der Waals surface area contributed by atoms with Gasteiger partial charge >= 0.3 is 0 Å². The topological polar surface area (TPSA) is 43.2 Å². The van der Waals surface area contributed by atoms with Crippen molar-refractivity contribution in [2.45, 2.75) is 19.0 Å². The van der Waals surface area contributed by atoms with Gasteiger partial charge in [0.1, 0.15) is 11.8 Å². The van der Waals surface area contributed by atoms with Crippen LogP contribution in [0.25, 0.3) is 0 Å². The van der Waals surface area contributed by atoms with Crippen LogP contribution in [0.2, 0.25) is 0 Å². The fraction of sp³-hybridized carbons (Fsp3) is 0.538. The van der Waals surface area contributed by atoms with Crippen molar-refractivity contribution in [1.29, 1.82) is 5.26 Å². The van der Waals surface area contributed by atoms with Gasteiger partial charge in [0.2, 0.25) is 0 Å². The molecule has 0 aliphatic carbocycles. The molecule has 17 heavy (non-hydrogen) atoms. The van der Waals surface area contributed by atoms with Crippen LogP contribution in [0.15, 0.2) is 18.3 Å². The Bertz CT molecular complexity index is 422. The molecule has 0 N–H and O–H groups in total. The van der Waals surface area contributed by atoms with Gasteiger partial charge in [-0.3, -0.25) is 4.90 Å². The number of nitrogens with zero attached hydrogens (tertiary/aromatic N) is 4. The Hall–Kier alpha value is -1.44. The zero-order chi connectivity index (χ0) is 12.3.